The van der Waals surface area contributed by atoms with Crippen LogP contribution in [0.15, 0.2) is 0 Å². The van der Waals surface area contributed by atoms with Gasteiger partial charge in [-0.1, -0.05) is 13.8 Å². The monoisotopic (exact) mass is 251 g/mol. The Hall–Kier alpha value is 0.150. The summed E-state index contributed by atoms with van der Waals surface area (Å²) in [7, 11) is 0. The summed E-state index contributed by atoms with van der Waals surface area (Å²) in [5.41, 5.74) is 5.37. The van der Waals surface area contributed by atoms with Crippen molar-refractivity contribution in [1.29, 1.82) is 0 Å². The van der Waals surface area contributed by atoms with Crippen LogP contribution in [0.2, 0.25) is 0 Å². The molecule has 0 unspecified atom stereocenters. The molecule has 0 spiro atoms. The quantitative estimate of drug-likeness (QED) is 0.521. The molecule has 0 bridgehead atoms. The van der Waals surface area contributed by atoms with Crippen LogP contribution in [0.4, 0.5) is 0 Å². The van der Waals surface area contributed by atoms with Crippen LogP contribution >= 0.6 is 11.8 Å². The maximum atomic E-state index is 9.82. The molecule has 1 rings (SSSR count). The Morgan fingerprint density at radius 3 is 2.12 bits per heavy atom. The summed E-state index contributed by atoms with van der Waals surface area (Å²) in [4.78, 5) is 0. The van der Waals surface area contributed by atoms with Crippen LogP contribution in [-0.4, -0.2) is 57.5 Å². The van der Waals surface area contributed by atoms with Gasteiger partial charge in [-0.3, -0.25) is 0 Å². The molecule has 0 amide bonds. The van der Waals surface area contributed by atoms with Crippen LogP contribution in [0, 0.1) is 5.92 Å². The Bertz CT molecular complexity index is 227. The summed E-state index contributed by atoms with van der Waals surface area (Å²) in [6.45, 7) is 3.85. The SMILES string of the molecule is CS[C@H]1O[C@H]([C@@H](N)C(C)C)[C@H](O)[C@H](O)[C@H]1O. The van der Waals surface area contributed by atoms with E-state index < -0.39 is 29.9 Å². The normalized spacial score (nSPS) is 42.4. The molecule has 1 saturated heterocycles. The average molecular weight is 251 g/mol. The molecule has 0 radical (unpaired) electrons. The average Bonchev–Trinajstić information content (AvgIpc) is 2.25. The Morgan fingerprint density at radius 1 is 1.12 bits per heavy atom. The third-order valence-corrected chi connectivity index (χ3v) is 3.84. The number of ether oxygens (including phenoxy) is 1. The number of rotatable bonds is 3. The highest BCUT2D eigenvalue weighted by Gasteiger charge is 2.45. The smallest absolute Gasteiger partial charge is 0.132 e. The van der Waals surface area contributed by atoms with E-state index in [1.54, 1.807) is 6.26 Å². The van der Waals surface area contributed by atoms with Gasteiger partial charge >= 0.3 is 0 Å². The van der Waals surface area contributed by atoms with Crippen molar-refractivity contribution in [2.75, 3.05) is 6.26 Å². The van der Waals surface area contributed by atoms with Crippen LogP contribution in [0.3, 0.4) is 0 Å². The topological polar surface area (TPSA) is 95.9 Å². The molecule has 6 atom stereocenters. The van der Waals surface area contributed by atoms with Crippen LogP contribution < -0.4 is 5.73 Å². The van der Waals surface area contributed by atoms with Gasteiger partial charge in [-0.15, -0.1) is 11.8 Å². The zero-order chi connectivity index (χ0) is 12.5. The number of hydrogen-bond donors (Lipinski definition) is 4. The van der Waals surface area contributed by atoms with E-state index in [4.69, 9.17) is 10.5 Å². The van der Waals surface area contributed by atoms with Crippen molar-refractivity contribution in [3.8, 4) is 0 Å². The maximum absolute atomic E-state index is 9.82. The predicted molar refractivity (Wildman–Crippen MR) is 63.0 cm³/mol. The van der Waals surface area contributed by atoms with Crippen molar-refractivity contribution in [3.05, 3.63) is 0 Å². The van der Waals surface area contributed by atoms with Gasteiger partial charge in [0, 0.05) is 6.04 Å². The fraction of sp³-hybridized carbons (Fsp3) is 1.00. The molecule has 1 aliphatic rings. The molecule has 0 aromatic carbocycles. The largest absolute Gasteiger partial charge is 0.388 e. The van der Waals surface area contributed by atoms with Crippen LogP contribution in [0.5, 0.6) is 0 Å². The van der Waals surface area contributed by atoms with E-state index >= 15 is 0 Å². The first-order valence-electron chi connectivity index (χ1n) is 5.38. The number of aliphatic hydroxyl groups is 3. The van der Waals surface area contributed by atoms with E-state index in [-0.39, 0.29) is 12.0 Å². The second-order valence-electron chi connectivity index (χ2n) is 4.50. The van der Waals surface area contributed by atoms with Gasteiger partial charge in [0.1, 0.15) is 29.9 Å². The Balaban J connectivity index is 2.78. The Morgan fingerprint density at radius 2 is 1.69 bits per heavy atom. The van der Waals surface area contributed by atoms with Crippen molar-refractivity contribution in [2.45, 2.75) is 49.7 Å². The minimum absolute atomic E-state index is 0.129. The third kappa shape index (κ3) is 2.69. The fourth-order valence-electron chi connectivity index (χ4n) is 1.77. The van der Waals surface area contributed by atoms with Crippen LogP contribution in [-0.2, 0) is 4.74 Å². The molecule has 16 heavy (non-hydrogen) atoms. The molecule has 96 valence electrons. The maximum Gasteiger partial charge on any atom is 0.132 e. The first-order chi connectivity index (χ1) is 7.40. The highest BCUT2D eigenvalue weighted by atomic mass is 32.2. The van der Waals surface area contributed by atoms with Gasteiger partial charge in [0.2, 0.25) is 0 Å². The summed E-state index contributed by atoms with van der Waals surface area (Å²) >= 11 is 1.29. The molecule has 0 aromatic rings. The number of hydrogen-bond acceptors (Lipinski definition) is 6. The zero-order valence-electron chi connectivity index (χ0n) is 9.78. The minimum Gasteiger partial charge on any atom is -0.388 e. The van der Waals surface area contributed by atoms with E-state index in [1.807, 2.05) is 13.8 Å². The zero-order valence-corrected chi connectivity index (χ0v) is 10.6. The lowest BCUT2D eigenvalue weighted by Gasteiger charge is -2.43. The molecular formula is C10H21NO4S. The van der Waals surface area contributed by atoms with Gasteiger partial charge in [-0.2, -0.15) is 0 Å². The molecule has 1 aliphatic heterocycles. The standard InChI is InChI=1S/C10H21NO4S/c1-4(2)5(11)9-7(13)6(12)8(14)10(15-9)16-3/h4-10,12-14H,11H2,1-3H3/t5-,6-,7+,8+,9+,10+/m0/s1. The summed E-state index contributed by atoms with van der Waals surface area (Å²) in [5, 5.41) is 29.2. The lowest BCUT2D eigenvalue weighted by Crippen LogP contribution is -2.62. The van der Waals surface area contributed by atoms with Crippen molar-refractivity contribution >= 4 is 11.8 Å². The molecule has 0 aromatic heterocycles. The number of nitrogens with two attached hydrogens (primary N) is 1. The van der Waals surface area contributed by atoms with E-state index in [9.17, 15) is 15.3 Å². The Labute approximate surface area is 100.0 Å². The molecule has 5 nitrogen and oxygen atoms in total. The Kier molecular flexibility index (Phi) is 5.03. The molecule has 0 aliphatic carbocycles. The van der Waals surface area contributed by atoms with Gasteiger partial charge in [0.25, 0.3) is 0 Å². The predicted octanol–water partition coefficient (Wildman–Crippen LogP) is -0.860. The molecule has 1 fully saturated rings. The lowest BCUT2D eigenvalue weighted by molar-refractivity contribution is -0.205. The highest BCUT2D eigenvalue weighted by Crippen LogP contribution is 2.29. The molecular weight excluding hydrogens is 230 g/mol. The van der Waals surface area contributed by atoms with Crippen LogP contribution in [0.25, 0.3) is 0 Å². The molecule has 6 heteroatoms. The van der Waals surface area contributed by atoms with Crippen molar-refractivity contribution in [3.63, 3.8) is 0 Å². The molecule has 1 heterocycles. The van der Waals surface area contributed by atoms with Gasteiger partial charge < -0.3 is 25.8 Å². The third-order valence-electron chi connectivity index (χ3n) is 2.99. The van der Waals surface area contributed by atoms with Gasteiger partial charge in [0.15, 0.2) is 0 Å². The highest BCUT2D eigenvalue weighted by molar-refractivity contribution is 7.99. The lowest BCUT2D eigenvalue weighted by atomic mass is 9.90. The van der Waals surface area contributed by atoms with Crippen molar-refractivity contribution in [2.24, 2.45) is 11.7 Å². The van der Waals surface area contributed by atoms with Gasteiger partial charge in [0.05, 0.1) is 0 Å². The minimum atomic E-state index is -1.21. The van der Waals surface area contributed by atoms with E-state index in [0.29, 0.717) is 0 Å². The summed E-state index contributed by atoms with van der Waals surface area (Å²) in [6.07, 6.45) is -2.30. The second kappa shape index (κ2) is 5.66. The fourth-order valence-corrected chi connectivity index (χ4v) is 2.45. The molecule has 5 N–H and O–H groups in total. The van der Waals surface area contributed by atoms with E-state index in [0.717, 1.165) is 0 Å². The first-order valence-corrected chi connectivity index (χ1v) is 6.67. The second-order valence-corrected chi connectivity index (χ2v) is 5.43. The summed E-state index contributed by atoms with van der Waals surface area (Å²) < 4.78 is 5.53. The first kappa shape index (κ1) is 14.2. The van der Waals surface area contributed by atoms with Gasteiger partial charge in [-0.25, -0.2) is 0 Å². The van der Waals surface area contributed by atoms with Gasteiger partial charge in [-0.05, 0) is 12.2 Å². The van der Waals surface area contributed by atoms with E-state index in [1.165, 1.54) is 11.8 Å². The number of aliphatic hydroxyl groups excluding tert-OH is 3. The summed E-state index contributed by atoms with van der Waals surface area (Å²) in [6, 6.07) is -0.369. The number of thioether (sulfide) groups is 1. The van der Waals surface area contributed by atoms with Crippen LogP contribution in [0.1, 0.15) is 13.8 Å². The summed E-state index contributed by atoms with van der Waals surface area (Å²) in [5.74, 6) is 0.129. The van der Waals surface area contributed by atoms with E-state index in [2.05, 4.69) is 0 Å². The van der Waals surface area contributed by atoms with Crippen molar-refractivity contribution in [1.82, 2.24) is 0 Å². The van der Waals surface area contributed by atoms with Crippen molar-refractivity contribution < 1.29 is 20.1 Å². The molecule has 0 saturated carbocycles.